The SMILES string of the molecule is CC(C(=O)N1CCc2c([nH]c3ccccc23)C1)n1ccnc1. The number of benzene rings is 1. The maximum atomic E-state index is 12.7. The first-order chi connectivity index (χ1) is 10.7. The quantitative estimate of drug-likeness (QED) is 0.789. The Morgan fingerprint density at radius 2 is 2.23 bits per heavy atom. The van der Waals surface area contributed by atoms with Crippen molar-refractivity contribution in [1.82, 2.24) is 19.4 Å². The first kappa shape index (κ1) is 13.1. The summed E-state index contributed by atoms with van der Waals surface area (Å²) < 4.78 is 1.85. The highest BCUT2D eigenvalue weighted by Crippen LogP contribution is 2.28. The van der Waals surface area contributed by atoms with Gasteiger partial charge in [0.25, 0.3) is 0 Å². The molecular formula is C17H18N4O. The van der Waals surface area contributed by atoms with Crippen LogP contribution in [0.15, 0.2) is 43.0 Å². The van der Waals surface area contributed by atoms with E-state index in [0.717, 1.165) is 18.5 Å². The molecule has 0 saturated heterocycles. The molecule has 1 aromatic carbocycles. The lowest BCUT2D eigenvalue weighted by atomic mass is 10.0. The molecule has 5 nitrogen and oxygen atoms in total. The highest BCUT2D eigenvalue weighted by molar-refractivity contribution is 5.86. The minimum atomic E-state index is -0.214. The number of para-hydroxylation sites is 1. The number of hydrogen-bond donors (Lipinski definition) is 1. The van der Waals surface area contributed by atoms with Crippen molar-refractivity contribution < 1.29 is 4.79 Å². The number of nitrogens with one attached hydrogen (secondary N) is 1. The molecule has 0 fully saturated rings. The Morgan fingerprint density at radius 3 is 3.05 bits per heavy atom. The van der Waals surface area contributed by atoms with E-state index >= 15 is 0 Å². The molecular weight excluding hydrogens is 276 g/mol. The van der Waals surface area contributed by atoms with Crippen LogP contribution in [-0.4, -0.2) is 31.9 Å². The van der Waals surface area contributed by atoms with Gasteiger partial charge in [0.05, 0.1) is 12.9 Å². The molecule has 3 heterocycles. The summed E-state index contributed by atoms with van der Waals surface area (Å²) in [5.74, 6) is 0.141. The molecule has 1 aliphatic heterocycles. The van der Waals surface area contributed by atoms with Crippen molar-refractivity contribution in [3.05, 3.63) is 54.2 Å². The number of H-pyrrole nitrogens is 1. The lowest BCUT2D eigenvalue weighted by molar-refractivity contribution is -0.135. The van der Waals surface area contributed by atoms with Crippen molar-refractivity contribution in [2.45, 2.75) is 25.9 Å². The third-order valence-corrected chi connectivity index (χ3v) is 4.52. The first-order valence-corrected chi connectivity index (χ1v) is 7.58. The van der Waals surface area contributed by atoms with Gasteiger partial charge in [-0.05, 0) is 25.0 Å². The fourth-order valence-corrected chi connectivity index (χ4v) is 3.27. The van der Waals surface area contributed by atoms with E-state index < -0.39 is 0 Å². The summed E-state index contributed by atoms with van der Waals surface area (Å²) in [7, 11) is 0. The van der Waals surface area contributed by atoms with Crippen LogP contribution in [0, 0.1) is 0 Å². The number of rotatable bonds is 2. The Bertz CT molecular complexity index is 818. The summed E-state index contributed by atoms with van der Waals surface area (Å²) in [6, 6.07) is 8.13. The molecule has 0 spiro atoms. The standard InChI is InChI=1S/C17H18N4O/c1-12(21-9-7-18-11-21)17(22)20-8-6-14-13-4-2-3-5-15(13)19-16(14)10-20/h2-5,7,9,11-12,19H,6,8,10H2,1H3. The Balaban J connectivity index is 1.60. The van der Waals surface area contributed by atoms with Crippen LogP contribution in [0.5, 0.6) is 0 Å². The molecule has 22 heavy (non-hydrogen) atoms. The monoisotopic (exact) mass is 294 g/mol. The smallest absolute Gasteiger partial charge is 0.245 e. The van der Waals surface area contributed by atoms with Crippen LogP contribution in [0.3, 0.4) is 0 Å². The van der Waals surface area contributed by atoms with Gasteiger partial charge in [0.2, 0.25) is 5.91 Å². The van der Waals surface area contributed by atoms with Crippen molar-refractivity contribution >= 4 is 16.8 Å². The maximum Gasteiger partial charge on any atom is 0.245 e. The third-order valence-electron chi connectivity index (χ3n) is 4.52. The fraction of sp³-hybridized carbons (Fsp3) is 0.294. The van der Waals surface area contributed by atoms with Gasteiger partial charge in [0.1, 0.15) is 6.04 Å². The molecule has 1 atom stereocenters. The molecule has 0 radical (unpaired) electrons. The number of carbonyl (C=O) groups is 1. The van der Waals surface area contributed by atoms with E-state index in [0.29, 0.717) is 6.54 Å². The van der Waals surface area contributed by atoms with Gasteiger partial charge in [-0.1, -0.05) is 18.2 Å². The lowest BCUT2D eigenvalue weighted by Crippen LogP contribution is -2.39. The predicted molar refractivity (Wildman–Crippen MR) is 84.4 cm³/mol. The molecule has 112 valence electrons. The van der Waals surface area contributed by atoms with Crippen molar-refractivity contribution in [3.63, 3.8) is 0 Å². The molecule has 4 rings (SSSR count). The van der Waals surface area contributed by atoms with Crippen LogP contribution in [-0.2, 0) is 17.8 Å². The molecule has 0 aliphatic carbocycles. The molecule has 2 aromatic heterocycles. The van der Waals surface area contributed by atoms with Crippen molar-refractivity contribution in [2.24, 2.45) is 0 Å². The van der Waals surface area contributed by atoms with Crippen molar-refractivity contribution in [1.29, 1.82) is 0 Å². The average Bonchev–Trinajstić information content (AvgIpc) is 3.20. The van der Waals surface area contributed by atoms with Crippen molar-refractivity contribution in [3.8, 4) is 0 Å². The second-order valence-electron chi connectivity index (χ2n) is 5.82. The Hall–Kier alpha value is -2.56. The lowest BCUT2D eigenvalue weighted by Gasteiger charge is -2.29. The summed E-state index contributed by atoms with van der Waals surface area (Å²) in [6.45, 7) is 3.35. The number of hydrogen-bond acceptors (Lipinski definition) is 2. The third kappa shape index (κ3) is 2.01. The molecule has 0 bridgehead atoms. The van der Waals surface area contributed by atoms with Crippen LogP contribution < -0.4 is 0 Å². The number of imidazole rings is 1. The van der Waals surface area contributed by atoms with Gasteiger partial charge in [0, 0.05) is 35.5 Å². The van der Waals surface area contributed by atoms with Crippen molar-refractivity contribution in [2.75, 3.05) is 6.54 Å². The Labute approximate surface area is 128 Å². The van der Waals surface area contributed by atoms with E-state index in [4.69, 9.17) is 0 Å². The minimum absolute atomic E-state index is 0.141. The maximum absolute atomic E-state index is 12.7. The second kappa shape index (κ2) is 5.02. The Morgan fingerprint density at radius 1 is 1.36 bits per heavy atom. The normalized spacial score (nSPS) is 15.8. The molecule has 1 amide bonds. The molecule has 5 heteroatoms. The van der Waals surface area contributed by atoms with Gasteiger partial charge in [-0.3, -0.25) is 4.79 Å². The summed E-state index contributed by atoms with van der Waals surface area (Å²) in [5.41, 5.74) is 3.68. The molecule has 1 N–H and O–H groups in total. The highest BCUT2D eigenvalue weighted by Gasteiger charge is 2.27. The second-order valence-corrected chi connectivity index (χ2v) is 5.82. The zero-order valence-electron chi connectivity index (χ0n) is 12.5. The summed E-state index contributed by atoms with van der Waals surface area (Å²) in [4.78, 5) is 22.1. The van der Waals surface area contributed by atoms with Gasteiger partial charge >= 0.3 is 0 Å². The fourth-order valence-electron chi connectivity index (χ4n) is 3.27. The van der Waals surface area contributed by atoms with Crippen LogP contribution >= 0.6 is 0 Å². The first-order valence-electron chi connectivity index (χ1n) is 7.58. The van der Waals surface area contributed by atoms with Gasteiger partial charge in [0.15, 0.2) is 0 Å². The molecule has 1 unspecified atom stereocenters. The van der Waals surface area contributed by atoms with Crippen LogP contribution in [0.25, 0.3) is 10.9 Å². The largest absolute Gasteiger partial charge is 0.357 e. The van der Waals surface area contributed by atoms with Gasteiger partial charge in [-0.2, -0.15) is 0 Å². The van der Waals surface area contributed by atoms with E-state index in [1.165, 1.54) is 16.6 Å². The zero-order valence-corrected chi connectivity index (χ0v) is 12.5. The predicted octanol–water partition coefficient (Wildman–Crippen LogP) is 2.51. The number of aromatic amines is 1. The zero-order chi connectivity index (χ0) is 15.1. The van der Waals surface area contributed by atoms with E-state index in [1.807, 2.05) is 28.7 Å². The number of amides is 1. The van der Waals surface area contributed by atoms with E-state index in [-0.39, 0.29) is 11.9 Å². The van der Waals surface area contributed by atoms with E-state index in [2.05, 4.69) is 28.2 Å². The number of fused-ring (bicyclic) bond motifs is 3. The summed E-state index contributed by atoms with van der Waals surface area (Å²) in [6.07, 6.45) is 6.14. The van der Waals surface area contributed by atoms with Gasteiger partial charge in [-0.25, -0.2) is 4.98 Å². The van der Waals surface area contributed by atoms with Gasteiger partial charge in [-0.15, -0.1) is 0 Å². The summed E-state index contributed by atoms with van der Waals surface area (Å²) in [5, 5.41) is 1.28. The topological polar surface area (TPSA) is 53.9 Å². The number of carbonyl (C=O) groups excluding carboxylic acids is 1. The average molecular weight is 294 g/mol. The molecule has 1 aliphatic rings. The molecule has 0 saturated carbocycles. The highest BCUT2D eigenvalue weighted by atomic mass is 16.2. The summed E-state index contributed by atoms with van der Waals surface area (Å²) >= 11 is 0. The van der Waals surface area contributed by atoms with Crippen LogP contribution in [0.4, 0.5) is 0 Å². The van der Waals surface area contributed by atoms with Gasteiger partial charge < -0.3 is 14.5 Å². The van der Waals surface area contributed by atoms with E-state index in [9.17, 15) is 4.79 Å². The Kier molecular flexibility index (Phi) is 2.99. The number of aromatic nitrogens is 3. The minimum Gasteiger partial charge on any atom is -0.357 e. The van der Waals surface area contributed by atoms with E-state index in [1.54, 1.807) is 12.5 Å². The van der Waals surface area contributed by atoms with Crippen LogP contribution in [0.1, 0.15) is 24.2 Å². The molecule has 3 aromatic rings. The number of nitrogens with zero attached hydrogens (tertiary/aromatic N) is 3. The van der Waals surface area contributed by atoms with Crippen LogP contribution in [0.2, 0.25) is 0 Å².